The van der Waals surface area contributed by atoms with Crippen LogP contribution in [0.3, 0.4) is 0 Å². The first-order valence-corrected chi connectivity index (χ1v) is 4.50. The van der Waals surface area contributed by atoms with Crippen molar-refractivity contribution in [3.63, 3.8) is 0 Å². The molecule has 1 saturated heterocycles. The van der Waals surface area contributed by atoms with Crippen molar-refractivity contribution in [2.45, 2.75) is 6.10 Å². The second kappa shape index (κ2) is 3.86. The van der Waals surface area contributed by atoms with Crippen molar-refractivity contribution < 1.29 is 18.7 Å². The number of esters is 1. The summed E-state index contributed by atoms with van der Waals surface area (Å²) in [6, 6.07) is 3.57. The summed E-state index contributed by atoms with van der Waals surface area (Å²) in [4.78, 5) is 11.5. The summed E-state index contributed by atoms with van der Waals surface area (Å²) in [5.74, 6) is -1.02. The molecule has 5 heteroatoms. The van der Waals surface area contributed by atoms with Crippen LogP contribution in [-0.4, -0.2) is 25.3 Å². The van der Waals surface area contributed by atoms with E-state index in [0.29, 0.717) is 13.2 Å². The number of carbonyl (C=O) groups is 1. The summed E-state index contributed by atoms with van der Waals surface area (Å²) in [7, 11) is 0. The highest BCUT2D eigenvalue weighted by atomic mass is 19.1. The molecule has 0 aromatic heterocycles. The van der Waals surface area contributed by atoms with E-state index in [1.165, 1.54) is 12.1 Å². The number of benzene rings is 1. The van der Waals surface area contributed by atoms with Crippen LogP contribution in [0.25, 0.3) is 0 Å². The fraction of sp³-hybridized carbons (Fsp3) is 0.300. The van der Waals surface area contributed by atoms with Gasteiger partial charge in [-0.25, -0.2) is 9.18 Å². The third kappa shape index (κ3) is 2.07. The maximum atomic E-state index is 12.7. The van der Waals surface area contributed by atoms with E-state index >= 15 is 0 Å². The van der Waals surface area contributed by atoms with E-state index in [1.807, 2.05) is 0 Å². The lowest BCUT2D eigenvalue weighted by atomic mass is 10.2. The fourth-order valence-electron chi connectivity index (χ4n) is 1.22. The summed E-state index contributed by atoms with van der Waals surface area (Å²) in [6.45, 7) is 0.819. The van der Waals surface area contributed by atoms with E-state index in [2.05, 4.69) is 0 Å². The Morgan fingerprint density at radius 3 is 2.80 bits per heavy atom. The van der Waals surface area contributed by atoms with Gasteiger partial charge < -0.3 is 15.2 Å². The Morgan fingerprint density at radius 2 is 2.27 bits per heavy atom. The third-order valence-electron chi connectivity index (χ3n) is 2.11. The molecule has 0 atom stereocenters. The van der Waals surface area contributed by atoms with Gasteiger partial charge in [-0.1, -0.05) is 0 Å². The molecule has 15 heavy (non-hydrogen) atoms. The molecule has 1 heterocycles. The summed E-state index contributed by atoms with van der Waals surface area (Å²) in [5, 5.41) is 0. The number of nitrogens with two attached hydrogens (primary N) is 1. The molecule has 0 aliphatic carbocycles. The predicted molar refractivity (Wildman–Crippen MR) is 50.8 cm³/mol. The Balaban J connectivity index is 2.10. The number of rotatable bonds is 2. The summed E-state index contributed by atoms with van der Waals surface area (Å²) in [6.07, 6.45) is -0.207. The Kier molecular flexibility index (Phi) is 2.55. The van der Waals surface area contributed by atoms with Gasteiger partial charge in [0, 0.05) is 5.69 Å². The molecule has 0 spiro atoms. The van der Waals surface area contributed by atoms with Crippen molar-refractivity contribution in [1.29, 1.82) is 0 Å². The Bertz CT molecular complexity index is 390. The van der Waals surface area contributed by atoms with Crippen LogP contribution in [0.1, 0.15) is 10.4 Å². The standard InChI is InChI=1S/C10H10FNO3/c11-6-1-2-8(9(12)3-6)10(13)15-7-4-14-5-7/h1-3,7H,4-5,12H2. The third-order valence-corrected chi connectivity index (χ3v) is 2.11. The predicted octanol–water partition coefficient (Wildman–Crippen LogP) is 0.964. The number of nitrogen functional groups attached to an aromatic ring is 1. The van der Waals surface area contributed by atoms with E-state index in [4.69, 9.17) is 15.2 Å². The Morgan fingerprint density at radius 1 is 1.53 bits per heavy atom. The van der Waals surface area contributed by atoms with Gasteiger partial charge in [0.05, 0.1) is 18.8 Å². The molecule has 2 N–H and O–H groups in total. The molecule has 1 fully saturated rings. The first kappa shape index (κ1) is 9.92. The minimum absolute atomic E-state index is 0.0836. The first-order valence-electron chi connectivity index (χ1n) is 4.50. The lowest BCUT2D eigenvalue weighted by Gasteiger charge is -2.25. The van der Waals surface area contributed by atoms with Gasteiger partial charge in [0.2, 0.25) is 0 Å². The molecule has 1 aromatic carbocycles. The van der Waals surface area contributed by atoms with Gasteiger partial charge in [0.1, 0.15) is 11.9 Å². The molecule has 0 saturated carbocycles. The Labute approximate surface area is 85.8 Å². The smallest absolute Gasteiger partial charge is 0.340 e. The van der Waals surface area contributed by atoms with Gasteiger partial charge in [-0.2, -0.15) is 0 Å². The molecule has 1 aliphatic heterocycles. The van der Waals surface area contributed by atoms with E-state index in [0.717, 1.165) is 6.07 Å². The Hall–Kier alpha value is -1.62. The molecule has 1 aromatic rings. The second-order valence-electron chi connectivity index (χ2n) is 3.30. The van der Waals surface area contributed by atoms with Crippen LogP contribution in [0.15, 0.2) is 18.2 Å². The topological polar surface area (TPSA) is 61.6 Å². The van der Waals surface area contributed by atoms with Crippen molar-refractivity contribution >= 4 is 11.7 Å². The van der Waals surface area contributed by atoms with Crippen molar-refractivity contribution in [2.75, 3.05) is 18.9 Å². The average Bonchev–Trinajstić information content (AvgIpc) is 2.11. The molecular formula is C10H10FNO3. The highest BCUT2D eigenvalue weighted by Gasteiger charge is 2.24. The largest absolute Gasteiger partial charge is 0.454 e. The fourth-order valence-corrected chi connectivity index (χ4v) is 1.22. The lowest BCUT2D eigenvalue weighted by Crippen LogP contribution is -2.37. The van der Waals surface area contributed by atoms with Crippen LogP contribution in [0.5, 0.6) is 0 Å². The minimum atomic E-state index is -0.541. The quantitative estimate of drug-likeness (QED) is 0.584. The molecular weight excluding hydrogens is 201 g/mol. The first-order chi connectivity index (χ1) is 7.16. The molecule has 0 bridgehead atoms. The maximum Gasteiger partial charge on any atom is 0.340 e. The van der Waals surface area contributed by atoms with Crippen molar-refractivity contribution in [2.24, 2.45) is 0 Å². The zero-order chi connectivity index (χ0) is 10.8. The van der Waals surface area contributed by atoms with Gasteiger partial charge in [-0.15, -0.1) is 0 Å². The summed E-state index contributed by atoms with van der Waals surface area (Å²) < 4.78 is 22.6. The van der Waals surface area contributed by atoms with Gasteiger partial charge in [0.15, 0.2) is 0 Å². The minimum Gasteiger partial charge on any atom is -0.454 e. The normalized spacial score (nSPS) is 15.8. The van der Waals surface area contributed by atoms with E-state index in [9.17, 15) is 9.18 Å². The molecule has 0 amide bonds. The highest BCUT2D eigenvalue weighted by Crippen LogP contribution is 2.16. The van der Waals surface area contributed by atoms with Gasteiger partial charge in [-0.05, 0) is 18.2 Å². The molecule has 4 nitrogen and oxygen atoms in total. The monoisotopic (exact) mass is 211 g/mol. The van der Waals surface area contributed by atoms with Gasteiger partial charge >= 0.3 is 5.97 Å². The average molecular weight is 211 g/mol. The molecule has 1 aliphatic rings. The second-order valence-corrected chi connectivity index (χ2v) is 3.30. The number of ether oxygens (including phenoxy) is 2. The van der Waals surface area contributed by atoms with Crippen LogP contribution in [-0.2, 0) is 9.47 Å². The van der Waals surface area contributed by atoms with Crippen molar-refractivity contribution in [3.8, 4) is 0 Å². The summed E-state index contributed by atoms with van der Waals surface area (Å²) >= 11 is 0. The molecule has 80 valence electrons. The van der Waals surface area contributed by atoms with Gasteiger partial charge in [0.25, 0.3) is 0 Å². The van der Waals surface area contributed by atoms with E-state index < -0.39 is 11.8 Å². The lowest BCUT2D eigenvalue weighted by molar-refractivity contribution is -0.103. The number of anilines is 1. The number of hydrogen-bond donors (Lipinski definition) is 1. The van der Waals surface area contributed by atoms with E-state index in [1.54, 1.807) is 0 Å². The van der Waals surface area contributed by atoms with Gasteiger partial charge in [-0.3, -0.25) is 0 Å². The zero-order valence-electron chi connectivity index (χ0n) is 7.90. The number of carbonyl (C=O) groups excluding carboxylic acids is 1. The molecule has 2 rings (SSSR count). The number of halogens is 1. The van der Waals surface area contributed by atoms with Crippen LogP contribution in [0, 0.1) is 5.82 Å². The molecule has 0 unspecified atom stereocenters. The van der Waals surface area contributed by atoms with E-state index in [-0.39, 0.29) is 17.4 Å². The van der Waals surface area contributed by atoms with Crippen LogP contribution in [0.2, 0.25) is 0 Å². The number of hydrogen-bond acceptors (Lipinski definition) is 4. The van der Waals surface area contributed by atoms with Crippen molar-refractivity contribution in [3.05, 3.63) is 29.6 Å². The maximum absolute atomic E-state index is 12.7. The van der Waals surface area contributed by atoms with Crippen LogP contribution < -0.4 is 5.73 Å². The zero-order valence-corrected chi connectivity index (χ0v) is 7.90. The SMILES string of the molecule is Nc1cc(F)ccc1C(=O)OC1COC1. The highest BCUT2D eigenvalue weighted by molar-refractivity contribution is 5.95. The molecule has 0 radical (unpaired) electrons. The van der Waals surface area contributed by atoms with Crippen LogP contribution >= 0.6 is 0 Å². The van der Waals surface area contributed by atoms with Crippen LogP contribution in [0.4, 0.5) is 10.1 Å². The summed E-state index contributed by atoms with van der Waals surface area (Å²) in [5.41, 5.74) is 5.75. The van der Waals surface area contributed by atoms with Crippen molar-refractivity contribution in [1.82, 2.24) is 0 Å².